The van der Waals surface area contributed by atoms with Crippen LogP contribution in [-0.2, 0) is 4.74 Å². The SMILES string of the molecule is O=C(NCC(O)COCC1CC1)c1ccc2[nH]ncc2c1. The van der Waals surface area contributed by atoms with Crippen LogP contribution in [0.1, 0.15) is 23.2 Å². The lowest BCUT2D eigenvalue weighted by Crippen LogP contribution is -2.34. The Bertz CT molecular complexity index is 621. The van der Waals surface area contributed by atoms with Gasteiger partial charge in [0.2, 0.25) is 0 Å². The fourth-order valence-corrected chi connectivity index (χ4v) is 2.11. The summed E-state index contributed by atoms with van der Waals surface area (Å²) in [5.41, 5.74) is 1.44. The summed E-state index contributed by atoms with van der Waals surface area (Å²) in [6, 6.07) is 5.31. The van der Waals surface area contributed by atoms with Crippen molar-refractivity contribution in [2.24, 2.45) is 5.92 Å². The van der Waals surface area contributed by atoms with Gasteiger partial charge in [0.15, 0.2) is 0 Å². The number of aliphatic hydroxyl groups excluding tert-OH is 1. The smallest absolute Gasteiger partial charge is 0.251 e. The van der Waals surface area contributed by atoms with Crippen LogP contribution in [-0.4, -0.2) is 47.1 Å². The highest BCUT2D eigenvalue weighted by Crippen LogP contribution is 2.28. The van der Waals surface area contributed by atoms with E-state index in [4.69, 9.17) is 4.74 Å². The first kappa shape index (κ1) is 14.0. The molecule has 0 bridgehead atoms. The summed E-state index contributed by atoms with van der Waals surface area (Å²) in [4.78, 5) is 12.0. The lowest BCUT2D eigenvalue weighted by Gasteiger charge is -2.12. The molecule has 1 unspecified atom stereocenters. The number of carbonyl (C=O) groups excluding carboxylic acids is 1. The molecule has 112 valence electrons. The van der Waals surface area contributed by atoms with E-state index in [9.17, 15) is 9.90 Å². The minimum atomic E-state index is -0.676. The van der Waals surface area contributed by atoms with Crippen molar-refractivity contribution in [1.82, 2.24) is 15.5 Å². The fourth-order valence-electron chi connectivity index (χ4n) is 2.11. The first-order valence-corrected chi connectivity index (χ1v) is 7.19. The molecule has 1 atom stereocenters. The Labute approximate surface area is 122 Å². The van der Waals surface area contributed by atoms with Crippen molar-refractivity contribution in [3.8, 4) is 0 Å². The van der Waals surface area contributed by atoms with Gasteiger partial charge in [-0.1, -0.05) is 0 Å². The maximum absolute atomic E-state index is 12.0. The van der Waals surface area contributed by atoms with Crippen LogP contribution < -0.4 is 5.32 Å². The summed E-state index contributed by atoms with van der Waals surface area (Å²) in [5.74, 6) is 0.466. The predicted octanol–water partition coefficient (Wildman–Crippen LogP) is 1.08. The van der Waals surface area contributed by atoms with Crippen molar-refractivity contribution in [2.75, 3.05) is 19.8 Å². The average Bonchev–Trinajstić information content (AvgIpc) is 3.19. The maximum Gasteiger partial charge on any atom is 0.251 e. The molecule has 3 N–H and O–H groups in total. The molecule has 0 aliphatic heterocycles. The largest absolute Gasteiger partial charge is 0.389 e. The Morgan fingerprint density at radius 1 is 1.52 bits per heavy atom. The Morgan fingerprint density at radius 2 is 2.38 bits per heavy atom. The van der Waals surface area contributed by atoms with Gasteiger partial charge in [-0.3, -0.25) is 9.89 Å². The normalized spacial score (nSPS) is 16.0. The molecule has 1 aromatic carbocycles. The van der Waals surface area contributed by atoms with E-state index in [0.717, 1.165) is 10.9 Å². The Balaban J connectivity index is 1.46. The van der Waals surface area contributed by atoms with E-state index in [2.05, 4.69) is 15.5 Å². The lowest BCUT2D eigenvalue weighted by molar-refractivity contribution is 0.0321. The highest BCUT2D eigenvalue weighted by molar-refractivity contribution is 5.97. The molecule has 2 aromatic rings. The summed E-state index contributed by atoms with van der Waals surface area (Å²) in [6.07, 6.45) is 3.45. The molecule has 0 saturated heterocycles. The van der Waals surface area contributed by atoms with Crippen LogP contribution in [0.5, 0.6) is 0 Å². The third-order valence-corrected chi connectivity index (χ3v) is 3.56. The van der Waals surface area contributed by atoms with Gasteiger partial charge in [0.1, 0.15) is 0 Å². The van der Waals surface area contributed by atoms with Crippen LogP contribution in [0.2, 0.25) is 0 Å². The maximum atomic E-state index is 12.0. The molecule has 3 rings (SSSR count). The molecule has 0 radical (unpaired) electrons. The Morgan fingerprint density at radius 3 is 3.19 bits per heavy atom. The molecule has 1 heterocycles. The average molecular weight is 289 g/mol. The number of rotatable bonds is 7. The van der Waals surface area contributed by atoms with Crippen LogP contribution in [0.15, 0.2) is 24.4 Å². The van der Waals surface area contributed by atoms with E-state index >= 15 is 0 Å². The molecule has 0 spiro atoms. The zero-order valence-electron chi connectivity index (χ0n) is 11.7. The standard InChI is InChI=1S/C15H19N3O3/c19-13(9-21-8-10-1-2-10)7-16-15(20)11-3-4-14-12(5-11)6-17-18-14/h3-6,10,13,19H,1-2,7-9H2,(H,16,20)(H,17,18). The van der Waals surface area contributed by atoms with Gasteiger partial charge in [-0.15, -0.1) is 0 Å². The zero-order chi connectivity index (χ0) is 14.7. The third kappa shape index (κ3) is 3.80. The van der Waals surface area contributed by atoms with E-state index in [1.807, 2.05) is 6.07 Å². The van der Waals surface area contributed by atoms with Gasteiger partial charge in [-0.25, -0.2) is 0 Å². The van der Waals surface area contributed by atoms with Gasteiger partial charge in [-0.2, -0.15) is 5.10 Å². The van der Waals surface area contributed by atoms with Gasteiger partial charge in [-0.05, 0) is 37.0 Å². The number of aromatic nitrogens is 2. The second kappa shape index (κ2) is 6.24. The van der Waals surface area contributed by atoms with Crippen molar-refractivity contribution in [1.29, 1.82) is 0 Å². The fraction of sp³-hybridized carbons (Fsp3) is 0.467. The second-order valence-corrected chi connectivity index (χ2v) is 5.52. The first-order chi connectivity index (χ1) is 10.2. The van der Waals surface area contributed by atoms with Gasteiger partial charge >= 0.3 is 0 Å². The Hall–Kier alpha value is -1.92. The van der Waals surface area contributed by atoms with Crippen LogP contribution in [0.4, 0.5) is 0 Å². The molecule has 6 nitrogen and oxygen atoms in total. The van der Waals surface area contributed by atoms with Gasteiger partial charge in [0.25, 0.3) is 5.91 Å². The van der Waals surface area contributed by atoms with Crippen LogP contribution in [0.3, 0.4) is 0 Å². The molecule has 1 fully saturated rings. The van der Waals surface area contributed by atoms with E-state index < -0.39 is 6.10 Å². The summed E-state index contributed by atoms with van der Waals surface area (Å²) in [7, 11) is 0. The zero-order valence-corrected chi connectivity index (χ0v) is 11.7. The third-order valence-electron chi connectivity index (χ3n) is 3.56. The molecule has 1 aliphatic rings. The monoisotopic (exact) mass is 289 g/mol. The summed E-state index contributed by atoms with van der Waals surface area (Å²) >= 11 is 0. The van der Waals surface area contributed by atoms with Gasteiger partial charge < -0.3 is 15.2 Å². The summed E-state index contributed by atoms with van der Waals surface area (Å²) < 4.78 is 5.39. The minimum Gasteiger partial charge on any atom is -0.389 e. The highest BCUT2D eigenvalue weighted by Gasteiger charge is 2.21. The van der Waals surface area contributed by atoms with Crippen molar-refractivity contribution >= 4 is 16.8 Å². The molecule has 6 heteroatoms. The molecule has 1 amide bonds. The van der Waals surface area contributed by atoms with E-state index in [1.54, 1.807) is 18.3 Å². The molecule has 1 aromatic heterocycles. The summed E-state index contributed by atoms with van der Waals surface area (Å²) in [6.45, 7) is 1.16. The van der Waals surface area contributed by atoms with Gasteiger partial charge in [0, 0.05) is 24.1 Å². The number of nitrogens with one attached hydrogen (secondary N) is 2. The lowest BCUT2D eigenvalue weighted by atomic mass is 10.1. The van der Waals surface area contributed by atoms with Crippen molar-refractivity contribution in [3.63, 3.8) is 0 Å². The van der Waals surface area contributed by atoms with Crippen molar-refractivity contribution < 1.29 is 14.6 Å². The number of ether oxygens (including phenoxy) is 1. The number of hydrogen-bond donors (Lipinski definition) is 3. The number of aliphatic hydroxyl groups is 1. The molecular weight excluding hydrogens is 270 g/mol. The van der Waals surface area contributed by atoms with E-state index in [1.165, 1.54) is 12.8 Å². The number of nitrogens with zero attached hydrogens (tertiary/aromatic N) is 1. The van der Waals surface area contributed by atoms with Crippen LogP contribution in [0, 0.1) is 5.92 Å². The molecule has 1 aliphatic carbocycles. The van der Waals surface area contributed by atoms with Crippen LogP contribution >= 0.6 is 0 Å². The van der Waals surface area contributed by atoms with Crippen molar-refractivity contribution in [2.45, 2.75) is 18.9 Å². The van der Waals surface area contributed by atoms with Gasteiger partial charge in [0.05, 0.1) is 24.4 Å². The number of hydrogen-bond acceptors (Lipinski definition) is 4. The van der Waals surface area contributed by atoms with Crippen molar-refractivity contribution in [3.05, 3.63) is 30.0 Å². The highest BCUT2D eigenvalue weighted by atomic mass is 16.5. The van der Waals surface area contributed by atoms with Crippen LogP contribution in [0.25, 0.3) is 10.9 Å². The Kier molecular flexibility index (Phi) is 4.17. The van der Waals surface area contributed by atoms with E-state index in [-0.39, 0.29) is 19.1 Å². The number of fused-ring (bicyclic) bond motifs is 1. The number of benzene rings is 1. The first-order valence-electron chi connectivity index (χ1n) is 7.19. The number of aromatic amines is 1. The number of amides is 1. The molecular formula is C15H19N3O3. The number of carbonyl (C=O) groups is 1. The summed E-state index contributed by atoms with van der Waals surface area (Å²) in [5, 5.41) is 20.1. The molecule has 1 saturated carbocycles. The molecule has 21 heavy (non-hydrogen) atoms. The minimum absolute atomic E-state index is 0.187. The van der Waals surface area contributed by atoms with E-state index in [0.29, 0.717) is 18.1 Å². The second-order valence-electron chi connectivity index (χ2n) is 5.52. The quantitative estimate of drug-likeness (QED) is 0.712. The number of H-pyrrole nitrogens is 1. The predicted molar refractivity (Wildman–Crippen MR) is 78.0 cm³/mol. The topological polar surface area (TPSA) is 87.2 Å².